The van der Waals surface area contributed by atoms with Crippen LogP contribution in [0, 0.1) is 17.1 Å². The maximum Gasteiger partial charge on any atom is 0.280 e. The summed E-state index contributed by atoms with van der Waals surface area (Å²) in [6.45, 7) is 0. The third kappa shape index (κ3) is 3.46. The van der Waals surface area contributed by atoms with Crippen molar-refractivity contribution >= 4 is 17.2 Å². The molecule has 2 heterocycles. The van der Waals surface area contributed by atoms with Crippen LogP contribution in [-0.4, -0.2) is 20.5 Å². The minimum Gasteiger partial charge on any atom is -0.321 e. The molecule has 0 aliphatic heterocycles. The molecule has 1 N–H and O–H groups in total. The van der Waals surface area contributed by atoms with E-state index >= 15 is 0 Å². The van der Waals surface area contributed by atoms with Crippen LogP contribution in [0.25, 0.3) is 16.9 Å². The Bertz CT molecular complexity index is 1290. The van der Waals surface area contributed by atoms with Crippen LogP contribution in [0.5, 0.6) is 0 Å². The molecular formula is C21H12F3N5O. The predicted molar refractivity (Wildman–Crippen MR) is 102 cm³/mol. The Balaban J connectivity index is 1.82. The Kier molecular flexibility index (Phi) is 4.90. The number of halogens is 3. The smallest absolute Gasteiger partial charge is 0.280 e. The van der Waals surface area contributed by atoms with Gasteiger partial charge in [0.25, 0.3) is 12.3 Å². The second-order valence-electron chi connectivity index (χ2n) is 6.28. The molecule has 4 rings (SSSR count). The zero-order chi connectivity index (χ0) is 21.3. The van der Waals surface area contributed by atoms with E-state index < -0.39 is 23.8 Å². The van der Waals surface area contributed by atoms with E-state index in [4.69, 9.17) is 0 Å². The van der Waals surface area contributed by atoms with Crippen LogP contribution in [-0.2, 0) is 0 Å². The average Bonchev–Trinajstić information content (AvgIpc) is 3.18. The molecule has 0 saturated heterocycles. The van der Waals surface area contributed by atoms with E-state index in [9.17, 15) is 23.2 Å². The van der Waals surface area contributed by atoms with Gasteiger partial charge >= 0.3 is 0 Å². The van der Waals surface area contributed by atoms with Gasteiger partial charge in [-0.25, -0.2) is 22.7 Å². The van der Waals surface area contributed by atoms with Gasteiger partial charge in [0.15, 0.2) is 5.65 Å². The number of alkyl halides is 2. The van der Waals surface area contributed by atoms with Gasteiger partial charge in [0.2, 0.25) is 0 Å². The summed E-state index contributed by atoms with van der Waals surface area (Å²) < 4.78 is 41.4. The molecule has 30 heavy (non-hydrogen) atoms. The van der Waals surface area contributed by atoms with Crippen molar-refractivity contribution in [2.75, 3.05) is 5.32 Å². The van der Waals surface area contributed by atoms with Crippen molar-refractivity contribution < 1.29 is 18.0 Å². The topological polar surface area (TPSA) is 83.1 Å². The predicted octanol–water partition coefficient (Wildman–Crippen LogP) is 4.60. The van der Waals surface area contributed by atoms with Crippen LogP contribution < -0.4 is 5.32 Å². The lowest BCUT2D eigenvalue weighted by molar-refractivity contribution is 0.102. The first-order valence-corrected chi connectivity index (χ1v) is 8.71. The first-order chi connectivity index (χ1) is 14.5. The summed E-state index contributed by atoms with van der Waals surface area (Å²) in [5.41, 5.74) is 0.472. The number of nitriles is 1. The van der Waals surface area contributed by atoms with Gasteiger partial charge in [-0.1, -0.05) is 12.1 Å². The summed E-state index contributed by atoms with van der Waals surface area (Å²) in [6.07, 6.45) is -1.75. The molecule has 0 saturated carbocycles. The van der Waals surface area contributed by atoms with E-state index in [1.807, 2.05) is 6.07 Å². The molecule has 4 aromatic rings. The molecule has 1 amide bonds. The minimum absolute atomic E-state index is 0.0476. The second kappa shape index (κ2) is 7.67. The lowest BCUT2D eigenvalue weighted by atomic mass is 10.1. The van der Waals surface area contributed by atoms with Gasteiger partial charge in [-0.05, 0) is 42.5 Å². The van der Waals surface area contributed by atoms with Crippen molar-refractivity contribution in [2.24, 2.45) is 0 Å². The normalized spacial score (nSPS) is 10.9. The highest BCUT2D eigenvalue weighted by molar-refractivity contribution is 6.08. The largest absolute Gasteiger partial charge is 0.321 e. The van der Waals surface area contributed by atoms with Crippen molar-refractivity contribution in [3.05, 3.63) is 83.4 Å². The van der Waals surface area contributed by atoms with E-state index in [0.29, 0.717) is 5.56 Å². The molecule has 0 bridgehead atoms. The maximum absolute atomic E-state index is 13.6. The van der Waals surface area contributed by atoms with Crippen molar-refractivity contribution in [1.82, 2.24) is 14.6 Å². The van der Waals surface area contributed by atoms with E-state index in [0.717, 1.165) is 16.8 Å². The van der Waals surface area contributed by atoms with E-state index in [1.54, 1.807) is 18.2 Å². The van der Waals surface area contributed by atoms with Gasteiger partial charge in [0.05, 0.1) is 23.1 Å². The number of benzene rings is 2. The summed E-state index contributed by atoms with van der Waals surface area (Å²) in [5.74, 6) is -1.13. The second-order valence-corrected chi connectivity index (χ2v) is 6.28. The number of hydrogen-bond donors (Lipinski definition) is 1. The summed E-state index contributed by atoms with van der Waals surface area (Å²) in [6, 6.07) is 14.7. The highest BCUT2D eigenvalue weighted by atomic mass is 19.3. The molecule has 6 nitrogen and oxygen atoms in total. The molecule has 9 heteroatoms. The van der Waals surface area contributed by atoms with Crippen LogP contribution in [0.4, 0.5) is 18.9 Å². The number of nitrogens with zero attached hydrogens (tertiary/aromatic N) is 4. The fraction of sp³-hybridized carbons (Fsp3) is 0.0476. The Morgan fingerprint density at radius 1 is 1.13 bits per heavy atom. The molecule has 148 valence electrons. The molecule has 0 atom stereocenters. The zero-order valence-electron chi connectivity index (χ0n) is 15.2. The van der Waals surface area contributed by atoms with Crippen molar-refractivity contribution in [1.29, 1.82) is 5.26 Å². The minimum atomic E-state index is -2.88. The lowest BCUT2D eigenvalue weighted by Crippen LogP contribution is -2.13. The number of hydrogen-bond acceptors (Lipinski definition) is 4. The molecule has 0 unspecified atom stereocenters. The van der Waals surface area contributed by atoms with Crippen LogP contribution in [0.1, 0.15) is 28.0 Å². The first kappa shape index (κ1) is 19.1. The van der Waals surface area contributed by atoms with Crippen LogP contribution in [0.3, 0.4) is 0 Å². The number of nitrogens with one attached hydrogen (secondary N) is 1. The summed E-state index contributed by atoms with van der Waals surface area (Å²) in [7, 11) is 0. The third-order valence-corrected chi connectivity index (χ3v) is 4.40. The third-order valence-electron chi connectivity index (χ3n) is 4.40. The Morgan fingerprint density at radius 2 is 1.87 bits per heavy atom. The highest BCUT2D eigenvalue weighted by Gasteiger charge is 2.22. The SMILES string of the molecule is N#Cc1ccccc1NC(=O)c1cnn2c(C(F)F)cc(-c3ccc(F)cc3)nc12. The van der Waals surface area contributed by atoms with Gasteiger partial charge in [0.1, 0.15) is 23.1 Å². The monoisotopic (exact) mass is 407 g/mol. The molecular weight excluding hydrogens is 395 g/mol. The fourth-order valence-corrected chi connectivity index (χ4v) is 2.95. The van der Waals surface area contributed by atoms with Crippen molar-refractivity contribution in [2.45, 2.75) is 6.43 Å². The van der Waals surface area contributed by atoms with E-state index in [-0.39, 0.29) is 28.2 Å². The van der Waals surface area contributed by atoms with Gasteiger partial charge in [-0.2, -0.15) is 10.4 Å². The quantitative estimate of drug-likeness (QED) is 0.536. The molecule has 0 fully saturated rings. The van der Waals surface area contributed by atoms with E-state index in [1.165, 1.54) is 30.3 Å². The molecule has 0 aliphatic carbocycles. The summed E-state index contributed by atoms with van der Waals surface area (Å²) in [4.78, 5) is 17.1. The number of para-hydroxylation sites is 1. The number of rotatable bonds is 4. The Hall–Kier alpha value is -4.19. The highest BCUT2D eigenvalue weighted by Crippen LogP contribution is 2.27. The molecule has 0 spiro atoms. The summed E-state index contributed by atoms with van der Waals surface area (Å²) in [5, 5.41) is 15.6. The molecule has 0 radical (unpaired) electrons. The van der Waals surface area contributed by atoms with Gasteiger partial charge in [0, 0.05) is 5.56 Å². The van der Waals surface area contributed by atoms with Crippen LogP contribution in [0.2, 0.25) is 0 Å². The Morgan fingerprint density at radius 3 is 2.57 bits per heavy atom. The molecule has 2 aromatic heterocycles. The van der Waals surface area contributed by atoms with E-state index in [2.05, 4.69) is 15.4 Å². The molecule has 2 aromatic carbocycles. The van der Waals surface area contributed by atoms with Gasteiger partial charge in [-0.15, -0.1) is 0 Å². The average molecular weight is 407 g/mol. The first-order valence-electron chi connectivity index (χ1n) is 8.71. The Labute approximate surface area is 168 Å². The van der Waals surface area contributed by atoms with Crippen LogP contribution in [0.15, 0.2) is 60.8 Å². The molecule has 0 aliphatic rings. The number of amides is 1. The zero-order valence-corrected chi connectivity index (χ0v) is 15.2. The summed E-state index contributed by atoms with van der Waals surface area (Å²) >= 11 is 0. The van der Waals surface area contributed by atoms with Crippen LogP contribution >= 0.6 is 0 Å². The number of fused-ring (bicyclic) bond motifs is 1. The van der Waals surface area contributed by atoms with Gasteiger partial charge in [-0.3, -0.25) is 4.79 Å². The standard InChI is InChI=1S/C21H12F3N5O/c22-14-7-5-12(6-8-14)17-9-18(19(23)24)29-20(27-17)15(11-26-29)21(30)28-16-4-2-1-3-13(16)10-25/h1-9,11,19H,(H,28,30). The maximum atomic E-state index is 13.6. The number of carbonyl (C=O) groups is 1. The number of anilines is 1. The number of aromatic nitrogens is 3. The fourth-order valence-electron chi connectivity index (χ4n) is 2.95. The number of carbonyl (C=O) groups excluding carboxylic acids is 1. The van der Waals surface area contributed by atoms with Gasteiger partial charge < -0.3 is 5.32 Å². The lowest BCUT2D eigenvalue weighted by Gasteiger charge is -2.09. The van der Waals surface area contributed by atoms with Crippen molar-refractivity contribution in [3.8, 4) is 17.3 Å². The van der Waals surface area contributed by atoms with Crippen molar-refractivity contribution in [3.63, 3.8) is 0 Å².